The maximum atomic E-state index is 10.6. The summed E-state index contributed by atoms with van der Waals surface area (Å²) in [6.07, 6.45) is -0.192. The van der Waals surface area contributed by atoms with Crippen LogP contribution in [0.2, 0.25) is 0 Å². The molecule has 3 fully saturated rings. The highest BCUT2D eigenvalue weighted by molar-refractivity contribution is 5.87. The maximum Gasteiger partial charge on any atom is 0.490 e. The summed E-state index contributed by atoms with van der Waals surface area (Å²) in [7, 11) is 0. The molecule has 41 heavy (non-hydrogen) atoms. The Labute approximate surface area is 233 Å². The summed E-state index contributed by atoms with van der Waals surface area (Å²) in [5.41, 5.74) is 3.68. The Hall–Kier alpha value is -3.10. The maximum absolute atomic E-state index is 10.6. The molecule has 5 rings (SSSR count). The van der Waals surface area contributed by atoms with Gasteiger partial charge in [-0.25, -0.2) is 19.6 Å². The fraction of sp³-hybridized carbons (Fsp3) is 0.692. The van der Waals surface area contributed by atoms with Crippen LogP contribution in [-0.4, -0.2) is 86.7 Å². The predicted octanol–water partition coefficient (Wildman–Crippen LogP) is 5.47. The zero-order chi connectivity index (χ0) is 30.5. The van der Waals surface area contributed by atoms with E-state index in [9.17, 15) is 26.3 Å². The van der Waals surface area contributed by atoms with Gasteiger partial charge in [-0.15, -0.1) is 0 Å². The first kappa shape index (κ1) is 32.4. The van der Waals surface area contributed by atoms with Gasteiger partial charge in [0.05, 0.1) is 11.8 Å². The fourth-order valence-electron chi connectivity index (χ4n) is 4.88. The standard InChI is InChI=1S/C22H33N5.2C2HF3O2/c1-16(2)27-15-23-21-20(27)13-19(24-22(21)26-9-3-4-10-26)18-7-11-25(12-8-18)14-17-5-6-17;2*3-2(4,5)1(6)7/h13,15-18H,3-12,14H2,1-2H3;2*(H,6,7). The number of hydrogen-bond acceptors (Lipinski definition) is 6. The Kier molecular flexibility index (Phi) is 10.5. The van der Waals surface area contributed by atoms with Gasteiger partial charge < -0.3 is 24.6 Å². The van der Waals surface area contributed by atoms with Gasteiger partial charge in [-0.2, -0.15) is 26.3 Å². The molecule has 0 atom stereocenters. The topological polar surface area (TPSA) is 112 Å². The minimum Gasteiger partial charge on any atom is -0.475 e. The second-order valence-electron chi connectivity index (χ2n) is 10.8. The van der Waals surface area contributed by atoms with Crippen LogP contribution in [0.25, 0.3) is 11.0 Å². The second kappa shape index (κ2) is 13.3. The lowest BCUT2D eigenvalue weighted by atomic mass is 9.92. The number of likely N-dealkylation sites (tertiary alicyclic amines) is 1. The third-order valence-corrected chi connectivity index (χ3v) is 7.23. The molecule has 0 spiro atoms. The molecule has 2 saturated heterocycles. The minimum atomic E-state index is -5.08. The molecule has 3 aliphatic rings. The van der Waals surface area contributed by atoms with Crippen molar-refractivity contribution in [1.82, 2.24) is 19.4 Å². The molecule has 230 valence electrons. The number of hydrogen-bond donors (Lipinski definition) is 2. The average Bonchev–Trinajstić information content (AvgIpc) is 3.35. The van der Waals surface area contributed by atoms with E-state index in [1.807, 2.05) is 6.33 Å². The van der Waals surface area contributed by atoms with Crippen LogP contribution in [-0.2, 0) is 9.59 Å². The smallest absolute Gasteiger partial charge is 0.475 e. The van der Waals surface area contributed by atoms with Crippen molar-refractivity contribution in [1.29, 1.82) is 0 Å². The molecule has 15 heteroatoms. The third-order valence-electron chi connectivity index (χ3n) is 7.23. The van der Waals surface area contributed by atoms with Crippen molar-refractivity contribution < 1.29 is 46.1 Å². The Morgan fingerprint density at radius 3 is 1.88 bits per heavy atom. The summed E-state index contributed by atoms with van der Waals surface area (Å²) in [6, 6.07) is 2.78. The summed E-state index contributed by atoms with van der Waals surface area (Å²) in [4.78, 5) is 32.9. The largest absolute Gasteiger partial charge is 0.490 e. The molecule has 2 N–H and O–H groups in total. The van der Waals surface area contributed by atoms with E-state index < -0.39 is 24.3 Å². The van der Waals surface area contributed by atoms with E-state index in [0.717, 1.165) is 30.3 Å². The molecule has 2 aromatic heterocycles. The molecule has 9 nitrogen and oxygen atoms in total. The summed E-state index contributed by atoms with van der Waals surface area (Å²) in [6.45, 7) is 10.5. The van der Waals surface area contributed by atoms with Gasteiger partial charge in [0.1, 0.15) is 5.52 Å². The third kappa shape index (κ3) is 9.20. The van der Waals surface area contributed by atoms with Gasteiger partial charge in [0.25, 0.3) is 0 Å². The first-order valence-corrected chi connectivity index (χ1v) is 13.5. The van der Waals surface area contributed by atoms with Crippen molar-refractivity contribution in [3.8, 4) is 0 Å². The number of rotatable bonds is 5. The number of alkyl halides is 6. The first-order valence-electron chi connectivity index (χ1n) is 13.5. The van der Waals surface area contributed by atoms with Crippen LogP contribution in [0, 0.1) is 5.92 Å². The lowest BCUT2D eigenvalue weighted by Crippen LogP contribution is -2.34. The predicted molar refractivity (Wildman–Crippen MR) is 138 cm³/mol. The molecule has 0 unspecified atom stereocenters. The molecule has 0 bridgehead atoms. The van der Waals surface area contributed by atoms with Crippen molar-refractivity contribution in [3.05, 3.63) is 18.1 Å². The summed E-state index contributed by atoms with van der Waals surface area (Å²) in [5.74, 6) is -2.78. The molecule has 2 aliphatic heterocycles. The number of aromatic nitrogens is 3. The number of anilines is 1. The van der Waals surface area contributed by atoms with Gasteiger partial charge in [-0.05, 0) is 77.4 Å². The number of piperidine rings is 1. The van der Waals surface area contributed by atoms with Crippen LogP contribution < -0.4 is 4.90 Å². The van der Waals surface area contributed by atoms with Gasteiger partial charge in [-0.1, -0.05) is 0 Å². The second-order valence-corrected chi connectivity index (χ2v) is 10.8. The number of aliphatic carboxylic acids is 2. The van der Waals surface area contributed by atoms with Gasteiger partial charge in [0.15, 0.2) is 5.82 Å². The highest BCUT2D eigenvalue weighted by Gasteiger charge is 2.39. The SMILES string of the molecule is CC(C)n1cnc2c(N3CCCC3)nc(C3CCN(CC4CC4)CC3)cc21.O=C(O)C(F)(F)F.O=C(O)C(F)(F)F. The number of carboxylic acids is 2. The van der Waals surface area contributed by atoms with Crippen molar-refractivity contribution in [2.45, 2.75) is 76.7 Å². The van der Waals surface area contributed by atoms with Crippen LogP contribution in [0.3, 0.4) is 0 Å². The van der Waals surface area contributed by atoms with E-state index in [0.29, 0.717) is 12.0 Å². The molecule has 1 aliphatic carbocycles. The van der Waals surface area contributed by atoms with Crippen LogP contribution in [0.5, 0.6) is 0 Å². The molecular weight excluding hydrogens is 560 g/mol. The van der Waals surface area contributed by atoms with E-state index in [1.54, 1.807) is 0 Å². The highest BCUT2D eigenvalue weighted by atomic mass is 19.4. The summed E-state index contributed by atoms with van der Waals surface area (Å²) in [5, 5.41) is 14.2. The molecule has 0 aromatic carbocycles. The van der Waals surface area contributed by atoms with Crippen LogP contribution in [0.4, 0.5) is 32.2 Å². The first-order chi connectivity index (χ1) is 19.1. The van der Waals surface area contributed by atoms with E-state index in [4.69, 9.17) is 29.8 Å². The lowest BCUT2D eigenvalue weighted by molar-refractivity contribution is -0.193. The number of halogens is 6. The van der Waals surface area contributed by atoms with E-state index >= 15 is 0 Å². The number of fused-ring (bicyclic) bond motifs is 1. The van der Waals surface area contributed by atoms with E-state index in [2.05, 4.69) is 34.3 Å². The normalized spacial score (nSPS) is 18.6. The average molecular weight is 596 g/mol. The van der Waals surface area contributed by atoms with Gasteiger partial charge in [-0.3, -0.25) is 0 Å². The molecule has 0 radical (unpaired) electrons. The monoisotopic (exact) mass is 595 g/mol. The quantitative estimate of drug-likeness (QED) is 0.438. The minimum absolute atomic E-state index is 0.428. The van der Waals surface area contributed by atoms with Gasteiger partial charge in [0.2, 0.25) is 0 Å². The number of carboxylic acid groups (broad SMARTS) is 2. The lowest BCUT2D eigenvalue weighted by Gasteiger charge is -2.32. The molecule has 0 amide bonds. The van der Waals surface area contributed by atoms with Crippen LogP contribution in [0.15, 0.2) is 12.4 Å². The van der Waals surface area contributed by atoms with Crippen molar-refractivity contribution in [2.75, 3.05) is 37.6 Å². The number of carbonyl (C=O) groups is 2. The molecule has 1 saturated carbocycles. The molecule has 4 heterocycles. The Morgan fingerprint density at radius 2 is 1.44 bits per heavy atom. The Bertz CT molecular complexity index is 1160. The molecular formula is C26H35F6N5O4. The van der Waals surface area contributed by atoms with Gasteiger partial charge in [0, 0.05) is 37.3 Å². The number of nitrogens with zero attached hydrogens (tertiary/aromatic N) is 5. The number of pyridine rings is 1. The highest BCUT2D eigenvalue weighted by Crippen LogP contribution is 2.36. The Balaban J connectivity index is 0.000000276. The van der Waals surface area contributed by atoms with Crippen molar-refractivity contribution in [2.24, 2.45) is 5.92 Å². The van der Waals surface area contributed by atoms with Crippen LogP contribution >= 0.6 is 0 Å². The fourth-order valence-corrected chi connectivity index (χ4v) is 4.88. The van der Waals surface area contributed by atoms with Crippen LogP contribution in [0.1, 0.15) is 70.0 Å². The summed E-state index contributed by atoms with van der Waals surface area (Å²) >= 11 is 0. The zero-order valence-electron chi connectivity index (χ0n) is 22.9. The zero-order valence-corrected chi connectivity index (χ0v) is 22.9. The number of imidazole rings is 1. The Morgan fingerprint density at radius 1 is 0.927 bits per heavy atom. The van der Waals surface area contributed by atoms with Crippen molar-refractivity contribution >= 4 is 28.8 Å². The molecule has 2 aromatic rings. The van der Waals surface area contributed by atoms with Gasteiger partial charge >= 0.3 is 24.3 Å². The summed E-state index contributed by atoms with van der Waals surface area (Å²) < 4.78 is 65.8. The van der Waals surface area contributed by atoms with Crippen molar-refractivity contribution in [3.63, 3.8) is 0 Å². The van der Waals surface area contributed by atoms with E-state index in [-0.39, 0.29) is 0 Å². The van der Waals surface area contributed by atoms with E-state index in [1.165, 1.54) is 69.4 Å².